The van der Waals surface area contributed by atoms with Crippen molar-refractivity contribution in [3.05, 3.63) is 36.2 Å². The Morgan fingerprint density at radius 2 is 2.07 bits per heavy atom. The van der Waals surface area contributed by atoms with Crippen LogP contribution in [0, 0.1) is 0 Å². The van der Waals surface area contributed by atoms with Crippen molar-refractivity contribution in [1.82, 2.24) is 10.2 Å². The van der Waals surface area contributed by atoms with Gasteiger partial charge in [0, 0.05) is 12.1 Å². The van der Waals surface area contributed by atoms with Crippen molar-refractivity contribution >= 4 is 0 Å². The van der Waals surface area contributed by atoms with Crippen LogP contribution >= 0.6 is 0 Å². The molecule has 0 atom stereocenters. The molecule has 0 radical (unpaired) electrons. The molecule has 1 aromatic heterocycles. The maximum atomic E-state index is 5.59. The minimum Gasteiger partial charge on any atom is -0.497 e. The summed E-state index contributed by atoms with van der Waals surface area (Å²) in [6.45, 7) is 0.460. The molecule has 78 valence electrons. The number of hydrogen-bond acceptors (Lipinski definition) is 3. The zero-order valence-electron chi connectivity index (χ0n) is 8.53. The Balaban J connectivity index is 2.37. The third-order valence-electron chi connectivity index (χ3n) is 2.32. The number of methoxy groups -OCH3 is 1. The number of aromatic nitrogens is 2. The van der Waals surface area contributed by atoms with Crippen LogP contribution in [0.2, 0.25) is 0 Å². The van der Waals surface area contributed by atoms with Gasteiger partial charge in [0.15, 0.2) is 0 Å². The first kappa shape index (κ1) is 9.73. The Labute approximate surface area is 88.1 Å². The van der Waals surface area contributed by atoms with Crippen LogP contribution in [0.3, 0.4) is 0 Å². The largest absolute Gasteiger partial charge is 0.497 e. The van der Waals surface area contributed by atoms with Gasteiger partial charge >= 0.3 is 0 Å². The summed E-state index contributed by atoms with van der Waals surface area (Å²) in [4.78, 5) is 0. The summed E-state index contributed by atoms with van der Waals surface area (Å²) in [5.74, 6) is 0.844. The van der Waals surface area contributed by atoms with E-state index in [1.54, 1.807) is 13.3 Å². The quantitative estimate of drug-likeness (QED) is 0.795. The highest BCUT2D eigenvalue weighted by molar-refractivity contribution is 5.65. The van der Waals surface area contributed by atoms with Gasteiger partial charge in [0.1, 0.15) is 5.75 Å². The molecule has 3 N–H and O–H groups in total. The molecule has 0 saturated heterocycles. The highest BCUT2D eigenvalue weighted by atomic mass is 16.5. The van der Waals surface area contributed by atoms with Crippen LogP contribution in [-0.2, 0) is 6.54 Å². The standard InChI is InChI=1S/C11H13N3O/c1-15-9-4-2-8(3-5-9)10-7-13-14-11(10)6-12/h2-5,7H,6,12H2,1H3,(H,13,14). The fraction of sp³-hybridized carbons (Fsp3) is 0.182. The molecule has 0 aliphatic rings. The molecule has 0 amide bonds. The minimum absolute atomic E-state index is 0.460. The summed E-state index contributed by atoms with van der Waals surface area (Å²) in [7, 11) is 1.65. The van der Waals surface area contributed by atoms with Crippen molar-refractivity contribution in [2.24, 2.45) is 5.73 Å². The summed E-state index contributed by atoms with van der Waals surface area (Å²) < 4.78 is 5.09. The first-order valence-corrected chi connectivity index (χ1v) is 4.72. The third-order valence-corrected chi connectivity index (χ3v) is 2.32. The first-order chi connectivity index (χ1) is 7.35. The topological polar surface area (TPSA) is 63.9 Å². The summed E-state index contributed by atoms with van der Waals surface area (Å²) in [5.41, 5.74) is 8.67. The smallest absolute Gasteiger partial charge is 0.118 e. The lowest BCUT2D eigenvalue weighted by molar-refractivity contribution is 0.415. The van der Waals surface area contributed by atoms with Crippen molar-refractivity contribution < 1.29 is 4.74 Å². The lowest BCUT2D eigenvalue weighted by Crippen LogP contribution is -1.98. The Kier molecular flexibility index (Phi) is 2.69. The number of benzene rings is 1. The summed E-state index contributed by atoms with van der Waals surface area (Å²) in [6.07, 6.45) is 1.78. The van der Waals surface area contributed by atoms with Crippen LogP contribution in [0.5, 0.6) is 5.75 Å². The predicted molar refractivity (Wildman–Crippen MR) is 58.5 cm³/mol. The molecule has 2 aromatic rings. The van der Waals surface area contributed by atoms with E-state index in [2.05, 4.69) is 10.2 Å². The fourth-order valence-corrected chi connectivity index (χ4v) is 1.49. The lowest BCUT2D eigenvalue weighted by Gasteiger charge is -2.03. The first-order valence-electron chi connectivity index (χ1n) is 4.72. The second-order valence-corrected chi connectivity index (χ2v) is 3.19. The number of ether oxygens (including phenoxy) is 1. The van der Waals surface area contributed by atoms with Gasteiger partial charge in [0.2, 0.25) is 0 Å². The molecule has 0 aliphatic heterocycles. The summed E-state index contributed by atoms with van der Waals surface area (Å²) in [6, 6.07) is 7.82. The van der Waals surface area contributed by atoms with E-state index in [4.69, 9.17) is 10.5 Å². The lowest BCUT2D eigenvalue weighted by atomic mass is 10.1. The van der Waals surface area contributed by atoms with E-state index >= 15 is 0 Å². The van der Waals surface area contributed by atoms with Gasteiger partial charge in [-0.05, 0) is 17.7 Å². The monoisotopic (exact) mass is 203 g/mol. The van der Waals surface area contributed by atoms with E-state index in [-0.39, 0.29) is 0 Å². The van der Waals surface area contributed by atoms with Crippen molar-refractivity contribution in [1.29, 1.82) is 0 Å². The molecule has 0 spiro atoms. The number of hydrogen-bond donors (Lipinski definition) is 2. The number of aromatic amines is 1. The van der Waals surface area contributed by atoms with Crippen molar-refractivity contribution in [3.8, 4) is 16.9 Å². The van der Waals surface area contributed by atoms with E-state index in [0.717, 1.165) is 22.6 Å². The van der Waals surface area contributed by atoms with Gasteiger partial charge < -0.3 is 10.5 Å². The van der Waals surface area contributed by atoms with Crippen molar-refractivity contribution in [3.63, 3.8) is 0 Å². The Hall–Kier alpha value is -1.81. The van der Waals surface area contributed by atoms with E-state index in [1.165, 1.54) is 0 Å². The Morgan fingerprint density at radius 1 is 1.33 bits per heavy atom. The Morgan fingerprint density at radius 3 is 2.67 bits per heavy atom. The van der Waals surface area contributed by atoms with Gasteiger partial charge in [0.05, 0.1) is 19.0 Å². The molecule has 15 heavy (non-hydrogen) atoms. The number of nitrogens with two attached hydrogens (primary N) is 1. The molecule has 0 saturated carbocycles. The normalized spacial score (nSPS) is 10.3. The average molecular weight is 203 g/mol. The van der Waals surface area contributed by atoms with Crippen LogP contribution in [0.4, 0.5) is 0 Å². The molecule has 1 heterocycles. The average Bonchev–Trinajstić information content (AvgIpc) is 2.77. The molecular weight excluding hydrogens is 190 g/mol. The molecular formula is C11H13N3O. The van der Waals surface area contributed by atoms with E-state index < -0.39 is 0 Å². The van der Waals surface area contributed by atoms with E-state index in [9.17, 15) is 0 Å². The molecule has 0 fully saturated rings. The number of nitrogens with zero attached hydrogens (tertiary/aromatic N) is 1. The highest BCUT2D eigenvalue weighted by Crippen LogP contribution is 2.23. The minimum atomic E-state index is 0.460. The van der Waals surface area contributed by atoms with E-state index in [1.807, 2.05) is 24.3 Å². The van der Waals surface area contributed by atoms with Gasteiger partial charge in [-0.1, -0.05) is 12.1 Å². The molecule has 2 rings (SSSR count). The zero-order valence-corrected chi connectivity index (χ0v) is 8.53. The van der Waals surface area contributed by atoms with Gasteiger partial charge in [-0.2, -0.15) is 5.10 Å². The predicted octanol–water partition coefficient (Wildman–Crippen LogP) is 1.54. The van der Waals surface area contributed by atoms with E-state index in [0.29, 0.717) is 6.54 Å². The van der Waals surface area contributed by atoms with Crippen LogP contribution in [-0.4, -0.2) is 17.3 Å². The number of rotatable bonds is 3. The molecule has 1 aromatic carbocycles. The third kappa shape index (κ3) is 1.85. The second-order valence-electron chi connectivity index (χ2n) is 3.19. The molecule has 0 bridgehead atoms. The second kappa shape index (κ2) is 4.14. The van der Waals surface area contributed by atoms with Crippen LogP contribution in [0.1, 0.15) is 5.69 Å². The SMILES string of the molecule is COc1ccc(-c2cn[nH]c2CN)cc1. The number of H-pyrrole nitrogens is 1. The summed E-state index contributed by atoms with van der Waals surface area (Å²) >= 11 is 0. The highest BCUT2D eigenvalue weighted by Gasteiger charge is 2.05. The van der Waals surface area contributed by atoms with Gasteiger partial charge in [-0.3, -0.25) is 5.10 Å². The molecule has 0 unspecified atom stereocenters. The molecule has 4 nitrogen and oxygen atoms in total. The molecule has 0 aliphatic carbocycles. The fourth-order valence-electron chi connectivity index (χ4n) is 1.49. The maximum absolute atomic E-state index is 5.59. The van der Waals surface area contributed by atoms with Gasteiger partial charge in [0.25, 0.3) is 0 Å². The van der Waals surface area contributed by atoms with Crippen LogP contribution in [0.25, 0.3) is 11.1 Å². The van der Waals surface area contributed by atoms with Gasteiger partial charge in [-0.25, -0.2) is 0 Å². The molecule has 4 heteroatoms. The van der Waals surface area contributed by atoms with Crippen LogP contribution < -0.4 is 10.5 Å². The summed E-state index contributed by atoms with van der Waals surface area (Å²) in [5, 5.41) is 6.85. The number of nitrogens with one attached hydrogen (secondary N) is 1. The Bertz CT molecular complexity index is 433. The zero-order chi connectivity index (χ0) is 10.7. The van der Waals surface area contributed by atoms with Crippen LogP contribution in [0.15, 0.2) is 30.5 Å². The maximum Gasteiger partial charge on any atom is 0.118 e. The van der Waals surface area contributed by atoms with Crippen molar-refractivity contribution in [2.45, 2.75) is 6.54 Å². The van der Waals surface area contributed by atoms with Gasteiger partial charge in [-0.15, -0.1) is 0 Å². The van der Waals surface area contributed by atoms with Crippen molar-refractivity contribution in [2.75, 3.05) is 7.11 Å².